The van der Waals surface area contributed by atoms with E-state index in [2.05, 4.69) is 189 Å². The summed E-state index contributed by atoms with van der Waals surface area (Å²) in [5.74, 6) is 1.07. The highest BCUT2D eigenvalue weighted by molar-refractivity contribution is 5.58. The Bertz CT molecular complexity index is 1980. The molecule has 2 atom stereocenters. The molecule has 1 heterocycles. The fraction of sp³-hybridized carbons (Fsp3) is 0.234. The van der Waals surface area contributed by atoms with Gasteiger partial charge in [-0.25, -0.2) is 0 Å². The van der Waals surface area contributed by atoms with Crippen LogP contribution in [-0.4, -0.2) is 22.0 Å². The number of para-hydroxylation sites is 2. The lowest BCUT2D eigenvalue weighted by Gasteiger charge is -2.43. The summed E-state index contributed by atoms with van der Waals surface area (Å²) in [7, 11) is 0. The number of hydrogen-bond donors (Lipinski definition) is 2. The van der Waals surface area contributed by atoms with Gasteiger partial charge in [0.25, 0.3) is 0 Å². The van der Waals surface area contributed by atoms with E-state index in [-0.39, 0.29) is 12.2 Å². The summed E-state index contributed by atoms with van der Waals surface area (Å²) >= 11 is 0. The molecule has 0 radical (unpaired) electrons. The van der Waals surface area contributed by atoms with Crippen LogP contribution in [0.5, 0.6) is 0 Å². The van der Waals surface area contributed by atoms with Crippen LogP contribution >= 0.6 is 0 Å². The van der Waals surface area contributed by atoms with Gasteiger partial charge in [-0.2, -0.15) is 0 Å². The van der Waals surface area contributed by atoms with Gasteiger partial charge in [-0.05, 0) is 124 Å². The molecule has 2 aromatic carbocycles. The molecule has 0 bridgehead atoms. The van der Waals surface area contributed by atoms with Crippen molar-refractivity contribution in [2.45, 2.75) is 70.0 Å². The topological polar surface area (TPSA) is 33.8 Å². The number of nitrogens with zero attached hydrogens (tertiary/aromatic N) is 3. The van der Waals surface area contributed by atoms with Crippen LogP contribution in [0.1, 0.15) is 57.8 Å². The van der Waals surface area contributed by atoms with Crippen LogP contribution in [0, 0.1) is 0 Å². The Morgan fingerprint density at radius 2 is 1.25 bits per heavy atom. The van der Waals surface area contributed by atoms with Crippen LogP contribution in [0.3, 0.4) is 0 Å². The van der Waals surface area contributed by atoms with Crippen molar-refractivity contribution in [3.63, 3.8) is 0 Å². The van der Waals surface area contributed by atoms with Gasteiger partial charge >= 0.3 is 0 Å². The van der Waals surface area contributed by atoms with E-state index in [0.717, 1.165) is 75.0 Å². The third kappa shape index (κ3) is 7.64. The van der Waals surface area contributed by atoms with Gasteiger partial charge in [0.15, 0.2) is 0 Å². The molecule has 2 aromatic rings. The Balaban J connectivity index is 1.26. The van der Waals surface area contributed by atoms with Gasteiger partial charge in [-0.1, -0.05) is 91.1 Å². The van der Waals surface area contributed by atoms with Gasteiger partial charge in [-0.15, -0.1) is 0 Å². The molecule has 0 saturated carbocycles. The molecule has 0 saturated heterocycles. The van der Waals surface area contributed by atoms with E-state index < -0.39 is 0 Å². The molecule has 0 fully saturated rings. The minimum Gasteiger partial charge on any atom is -0.362 e. The van der Waals surface area contributed by atoms with Gasteiger partial charge in [-0.3, -0.25) is 0 Å². The molecule has 5 aliphatic carbocycles. The van der Waals surface area contributed by atoms with Crippen molar-refractivity contribution in [2.75, 3.05) is 10.2 Å². The highest BCUT2D eigenvalue weighted by atomic mass is 15.3. The largest absolute Gasteiger partial charge is 0.362 e. The summed E-state index contributed by atoms with van der Waals surface area (Å²) in [6.07, 6.45) is 48.6. The standard InChI is InChI=1S/C47H49N5/c1-7-20-37(21-8-1)48-46-32-19-33-47(49-46)52(42-30-17-6-18-31-42)45-35-43(50(38-22-9-2-10-23-38)39-24-11-3-12-25-39)34-44(36-45)51(40-26-13-4-14-27-40)41-28-15-5-16-29-41/h1-2,4,6-9,11,13,15,17-22,24-26,28-35,45-46,48-49H,3,5,10,12,14,16,23,27,36H2. The van der Waals surface area contributed by atoms with Crippen molar-refractivity contribution in [3.05, 3.63) is 204 Å². The normalized spacial score (nSPS) is 22.1. The quantitative estimate of drug-likeness (QED) is 0.246. The zero-order valence-electron chi connectivity index (χ0n) is 29.9. The van der Waals surface area contributed by atoms with E-state index in [4.69, 9.17) is 0 Å². The fourth-order valence-electron chi connectivity index (χ4n) is 7.85. The fourth-order valence-corrected chi connectivity index (χ4v) is 7.85. The van der Waals surface area contributed by atoms with Crippen LogP contribution in [0.2, 0.25) is 0 Å². The van der Waals surface area contributed by atoms with E-state index in [1.165, 1.54) is 34.2 Å². The van der Waals surface area contributed by atoms with Crippen LogP contribution in [0.4, 0.5) is 11.4 Å². The average molecular weight is 684 g/mol. The molecular formula is C47H49N5. The zero-order valence-corrected chi connectivity index (χ0v) is 29.9. The number of nitrogens with one attached hydrogen (secondary N) is 2. The lowest BCUT2D eigenvalue weighted by Crippen LogP contribution is -2.47. The van der Waals surface area contributed by atoms with E-state index >= 15 is 0 Å². The highest BCUT2D eigenvalue weighted by Crippen LogP contribution is 2.40. The first kappa shape index (κ1) is 33.5. The Labute approximate surface area is 309 Å². The summed E-state index contributed by atoms with van der Waals surface area (Å²) in [5, 5.41) is 7.55. The van der Waals surface area contributed by atoms with Crippen molar-refractivity contribution < 1.29 is 0 Å². The lowest BCUT2D eigenvalue weighted by molar-refractivity contribution is 0.452. The van der Waals surface area contributed by atoms with Gasteiger partial charge in [0.1, 0.15) is 12.0 Å². The smallest absolute Gasteiger partial charge is 0.117 e. The molecule has 1 aliphatic heterocycles. The molecule has 5 heteroatoms. The number of hydrogen-bond acceptors (Lipinski definition) is 5. The van der Waals surface area contributed by atoms with Crippen LogP contribution in [0.15, 0.2) is 204 Å². The second-order valence-electron chi connectivity index (χ2n) is 13.9. The zero-order chi connectivity index (χ0) is 35.0. The summed E-state index contributed by atoms with van der Waals surface area (Å²) in [4.78, 5) is 7.62. The maximum absolute atomic E-state index is 3.87. The van der Waals surface area contributed by atoms with Crippen molar-refractivity contribution in [1.82, 2.24) is 15.1 Å². The molecule has 5 nitrogen and oxygen atoms in total. The molecule has 8 rings (SSSR count). The lowest BCUT2D eigenvalue weighted by atomic mass is 9.95. The summed E-state index contributed by atoms with van der Waals surface area (Å²) in [5.41, 5.74) is 9.99. The van der Waals surface area contributed by atoms with Gasteiger partial charge in [0.2, 0.25) is 0 Å². The molecule has 2 N–H and O–H groups in total. The van der Waals surface area contributed by atoms with Crippen LogP contribution in [0.25, 0.3) is 0 Å². The maximum Gasteiger partial charge on any atom is 0.117 e. The molecule has 0 spiro atoms. The monoisotopic (exact) mass is 683 g/mol. The van der Waals surface area contributed by atoms with E-state index in [0.29, 0.717) is 0 Å². The van der Waals surface area contributed by atoms with Crippen LogP contribution < -0.4 is 15.5 Å². The average Bonchev–Trinajstić information content (AvgIpc) is 3.21. The highest BCUT2D eigenvalue weighted by Gasteiger charge is 2.33. The van der Waals surface area contributed by atoms with Crippen molar-refractivity contribution in [2.24, 2.45) is 0 Å². The Kier molecular flexibility index (Phi) is 10.4. The molecule has 2 unspecified atom stereocenters. The molecule has 6 aliphatic rings. The van der Waals surface area contributed by atoms with E-state index in [1.807, 2.05) is 0 Å². The van der Waals surface area contributed by atoms with Crippen molar-refractivity contribution in [1.29, 1.82) is 0 Å². The second-order valence-corrected chi connectivity index (χ2v) is 13.9. The number of benzene rings is 2. The number of rotatable bonds is 11. The predicted molar refractivity (Wildman–Crippen MR) is 217 cm³/mol. The summed E-state index contributed by atoms with van der Waals surface area (Å²) in [6, 6.07) is 21.3. The van der Waals surface area contributed by atoms with Crippen LogP contribution in [-0.2, 0) is 0 Å². The minimum atomic E-state index is -0.0583. The first-order valence-corrected chi connectivity index (χ1v) is 19.1. The Morgan fingerprint density at radius 3 is 1.88 bits per heavy atom. The van der Waals surface area contributed by atoms with E-state index in [9.17, 15) is 0 Å². The number of allylic oxidation sites excluding steroid dienone is 17. The Morgan fingerprint density at radius 1 is 0.596 bits per heavy atom. The SMILES string of the molecule is C1=CCCC(N(C2=CCCC=C2)C2=CC(N(C3=CC=CC(Nc4ccccc4)N3)c3ccccc3)CC(N(C3=CCCC=C3)C3=CC=CCC3)=C2)=C1. The van der Waals surface area contributed by atoms with E-state index in [1.54, 1.807) is 0 Å². The molecule has 262 valence electrons. The molecule has 0 aromatic heterocycles. The third-order valence-corrected chi connectivity index (χ3v) is 10.2. The Hall–Kier alpha value is -5.68. The summed E-state index contributed by atoms with van der Waals surface area (Å²) < 4.78 is 0. The van der Waals surface area contributed by atoms with Gasteiger partial charge in [0.05, 0.1) is 6.04 Å². The molecule has 52 heavy (non-hydrogen) atoms. The van der Waals surface area contributed by atoms with Gasteiger partial charge < -0.3 is 25.3 Å². The predicted octanol–water partition coefficient (Wildman–Crippen LogP) is 11.0. The number of anilines is 2. The molecule has 0 amide bonds. The van der Waals surface area contributed by atoms with Crippen molar-refractivity contribution >= 4 is 11.4 Å². The first-order chi connectivity index (χ1) is 25.8. The van der Waals surface area contributed by atoms with Gasteiger partial charge in [0, 0.05) is 52.0 Å². The third-order valence-electron chi connectivity index (χ3n) is 10.2. The maximum atomic E-state index is 3.87. The second kappa shape index (κ2) is 16.1. The first-order valence-electron chi connectivity index (χ1n) is 19.1. The van der Waals surface area contributed by atoms with Crippen molar-refractivity contribution in [3.8, 4) is 0 Å². The number of dihydropyridines is 1. The summed E-state index contributed by atoms with van der Waals surface area (Å²) in [6.45, 7) is 0. The molecular weight excluding hydrogens is 635 g/mol. The minimum absolute atomic E-state index is 0.0193.